The van der Waals surface area contributed by atoms with Crippen LogP contribution in [0.5, 0.6) is 0 Å². The summed E-state index contributed by atoms with van der Waals surface area (Å²) in [6.45, 7) is 7.37. The standard InChI is InChI=1S/C21H25ClN6OS/c1-4-27(14(2)3)18-10-8-17(9-11-18)24-19(29)13-30-21-26-25-20(28(21)23)15-6-5-7-16(22)12-15/h5-12,14H,4,13,23H2,1-3H3,(H,24,29). The Morgan fingerprint density at radius 3 is 2.60 bits per heavy atom. The van der Waals surface area contributed by atoms with Crippen molar-refractivity contribution in [1.29, 1.82) is 0 Å². The molecule has 9 heteroatoms. The summed E-state index contributed by atoms with van der Waals surface area (Å²) in [4.78, 5) is 14.6. The van der Waals surface area contributed by atoms with Crippen molar-refractivity contribution in [1.82, 2.24) is 14.9 Å². The number of carbonyl (C=O) groups is 1. The molecule has 1 heterocycles. The molecule has 0 aliphatic rings. The number of thioether (sulfide) groups is 1. The number of amides is 1. The van der Waals surface area contributed by atoms with Crippen LogP contribution < -0.4 is 16.1 Å². The van der Waals surface area contributed by atoms with Crippen molar-refractivity contribution in [2.45, 2.75) is 32.0 Å². The molecule has 0 spiro atoms. The van der Waals surface area contributed by atoms with Crippen LogP contribution in [0.2, 0.25) is 5.02 Å². The maximum Gasteiger partial charge on any atom is 0.234 e. The SMILES string of the molecule is CCN(c1ccc(NC(=O)CSc2nnc(-c3cccc(Cl)c3)n2N)cc1)C(C)C. The first-order chi connectivity index (χ1) is 14.4. The zero-order chi connectivity index (χ0) is 21.7. The highest BCUT2D eigenvalue weighted by Crippen LogP contribution is 2.24. The molecule has 2 aromatic carbocycles. The van der Waals surface area contributed by atoms with Gasteiger partial charge in [-0.05, 0) is 57.2 Å². The van der Waals surface area contributed by atoms with Gasteiger partial charge >= 0.3 is 0 Å². The molecule has 0 bridgehead atoms. The smallest absolute Gasteiger partial charge is 0.234 e. The third-order valence-corrected chi connectivity index (χ3v) is 5.70. The van der Waals surface area contributed by atoms with Gasteiger partial charge in [0.1, 0.15) is 0 Å². The van der Waals surface area contributed by atoms with E-state index in [-0.39, 0.29) is 11.7 Å². The first kappa shape index (κ1) is 22.0. The van der Waals surface area contributed by atoms with Gasteiger partial charge in [-0.15, -0.1) is 10.2 Å². The number of hydrogen-bond acceptors (Lipinski definition) is 6. The number of benzene rings is 2. The van der Waals surface area contributed by atoms with E-state index < -0.39 is 0 Å². The molecule has 3 aromatic rings. The zero-order valence-electron chi connectivity index (χ0n) is 17.2. The lowest BCUT2D eigenvalue weighted by Gasteiger charge is -2.27. The Balaban J connectivity index is 1.59. The number of halogens is 1. The third-order valence-electron chi connectivity index (χ3n) is 4.53. The van der Waals surface area contributed by atoms with Crippen molar-refractivity contribution in [2.24, 2.45) is 0 Å². The predicted octanol–water partition coefficient (Wildman–Crippen LogP) is 4.28. The number of carbonyl (C=O) groups excluding carboxylic acids is 1. The van der Waals surface area contributed by atoms with E-state index in [1.165, 1.54) is 16.4 Å². The van der Waals surface area contributed by atoms with Gasteiger partial charge in [0.15, 0.2) is 5.82 Å². The topological polar surface area (TPSA) is 89.1 Å². The van der Waals surface area contributed by atoms with Crippen LogP contribution in [0.1, 0.15) is 20.8 Å². The summed E-state index contributed by atoms with van der Waals surface area (Å²) in [6, 6.07) is 15.5. The molecule has 3 rings (SSSR count). The minimum absolute atomic E-state index is 0.142. The highest BCUT2D eigenvalue weighted by atomic mass is 35.5. The normalized spacial score (nSPS) is 11.0. The molecule has 0 saturated carbocycles. The van der Waals surface area contributed by atoms with Crippen LogP contribution in [0.4, 0.5) is 11.4 Å². The highest BCUT2D eigenvalue weighted by Gasteiger charge is 2.14. The zero-order valence-corrected chi connectivity index (χ0v) is 18.7. The Hall–Kier alpha value is -2.71. The van der Waals surface area contributed by atoms with Crippen LogP contribution in [0, 0.1) is 0 Å². The van der Waals surface area contributed by atoms with Crippen molar-refractivity contribution in [3.8, 4) is 11.4 Å². The van der Waals surface area contributed by atoms with Crippen LogP contribution in [-0.4, -0.2) is 39.1 Å². The maximum atomic E-state index is 12.3. The largest absolute Gasteiger partial charge is 0.369 e. The van der Waals surface area contributed by atoms with Gasteiger partial charge in [-0.2, -0.15) is 0 Å². The van der Waals surface area contributed by atoms with Crippen LogP contribution in [0.25, 0.3) is 11.4 Å². The predicted molar refractivity (Wildman–Crippen MR) is 125 cm³/mol. The minimum atomic E-state index is -0.142. The summed E-state index contributed by atoms with van der Waals surface area (Å²) in [6.07, 6.45) is 0. The molecule has 0 atom stereocenters. The molecule has 0 fully saturated rings. The molecule has 0 aliphatic carbocycles. The number of hydrogen-bond donors (Lipinski definition) is 2. The van der Waals surface area contributed by atoms with Gasteiger partial charge in [0.2, 0.25) is 11.1 Å². The summed E-state index contributed by atoms with van der Waals surface area (Å²) in [5.41, 5.74) is 2.64. The van der Waals surface area contributed by atoms with Crippen molar-refractivity contribution < 1.29 is 4.79 Å². The van der Waals surface area contributed by atoms with E-state index in [1.807, 2.05) is 36.4 Å². The molecular weight excluding hydrogens is 420 g/mol. The number of nitrogens with zero attached hydrogens (tertiary/aromatic N) is 4. The summed E-state index contributed by atoms with van der Waals surface area (Å²) in [5, 5.41) is 12.1. The number of nitrogen functional groups attached to an aromatic ring is 1. The number of anilines is 2. The average Bonchev–Trinajstić information content (AvgIpc) is 3.08. The van der Waals surface area contributed by atoms with Crippen LogP contribution in [0.3, 0.4) is 0 Å². The van der Waals surface area contributed by atoms with E-state index in [4.69, 9.17) is 17.4 Å². The molecule has 158 valence electrons. The summed E-state index contributed by atoms with van der Waals surface area (Å²) in [5.74, 6) is 6.61. The average molecular weight is 445 g/mol. The number of aromatic nitrogens is 3. The Kier molecular flexibility index (Phi) is 7.23. The third kappa shape index (κ3) is 5.25. The first-order valence-corrected chi connectivity index (χ1v) is 11.0. The van der Waals surface area contributed by atoms with Crippen molar-refractivity contribution in [2.75, 3.05) is 28.4 Å². The van der Waals surface area contributed by atoms with Gasteiger partial charge in [0.05, 0.1) is 5.75 Å². The van der Waals surface area contributed by atoms with E-state index in [2.05, 4.69) is 41.2 Å². The van der Waals surface area contributed by atoms with Crippen LogP contribution in [-0.2, 0) is 4.79 Å². The van der Waals surface area contributed by atoms with E-state index in [0.29, 0.717) is 22.0 Å². The fourth-order valence-corrected chi connectivity index (χ4v) is 3.96. The molecule has 0 saturated heterocycles. The first-order valence-electron chi connectivity index (χ1n) is 9.64. The Labute approximate surface area is 185 Å². The van der Waals surface area contributed by atoms with Gasteiger partial charge in [0, 0.05) is 34.5 Å². The fourth-order valence-electron chi connectivity index (χ4n) is 3.11. The Morgan fingerprint density at radius 2 is 1.97 bits per heavy atom. The van der Waals surface area contributed by atoms with E-state index >= 15 is 0 Å². The van der Waals surface area contributed by atoms with Crippen molar-refractivity contribution in [3.05, 3.63) is 53.6 Å². The molecule has 0 unspecified atom stereocenters. The van der Waals surface area contributed by atoms with Crippen molar-refractivity contribution in [3.63, 3.8) is 0 Å². The van der Waals surface area contributed by atoms with Gasteiger partial charge in [-0.25, -0.2) is 4.68 Å². The lowest BCUT2D eigenvalue weighted by molar-refractivity contribution is -0.113. The van der Waals surface area contributed by atoms with Crippen molar-refractivity contribution >= 4 is 40.6 Å². The molecule has 1 amide bonds. The highest BCUT2D eigenvalue weighted by molar-refractivity contribution is 7.99. The van der Waals surface area contributed by atoms with Gasteiger partial charge in [-0.1, -0.05) is 35.5 Å². The van der Waals surface area contributed by atoms with Gasteiger partial charge in [0.25, 0.3) is 0 Å². The fraction of sp³-hybridized carbons (Fsp3) is 0.286. The minimum Gasteiger partial charge on any atom is -0.369 e. The number of nitrogens with two attached hydrogens (primary N) is 1. The van der Waals surface area contributed by atoms with Gasteiger partial charge in [-0.3, -0.25) is 4.79 Å². The Bertz CT molecular complexity index is 1000. The van der Waals surface area contributed by atoms with E-state index in [1.54, 1.807) is 12.1 Å². The van der Waals surface area contributed by atoms with E-state index in [0.717, 1.165) is 23.5 Å². The number of rotatable bonds is 8. The lowest BCUT2D eigenvalue weighted by Crippen LogP contribution is -2.30. The molecule has 1 aromatic heterocycles. The van der Waals surface area contributed by atoms with Crippen LogP contribution >= 0.6 is 23.4 Å². The molecule has 7 nitrogen and oxygen atoms in total. The molecule has 3 N–H and O–H groups in total. The maximum absolute atomic E-state index is 12.3. The van der Waals surface area contributed by atoms with E-state index in [9.17, 15) is 4.79 Å². The quantitative estimate of drug-likeness (QED) is 0.398. The van der Waals surface area contributed by atoms with Gasteiger partial charge < -0.3 is 16.1 Å². The summed E-state index contributed by atoms with van der Waals surface area (Å²) < 4.78 is 1.36. The monoisotopic (exact) mass is 444 g/mol. The van der Waals surface area contributed by atoms with Crippen LogP contribution in [0.15, 0.2) is 53.7 Å². The molecule has 30 heavy (non-hydrogen) atoms. The molecule has 0 aliphatic heterocycles. The second-order valence-electron chi connectivity index (χ2n) is 6.95. The molecular formula is C21H25ClN6OS. The second kappa shape index (κ2) is 9.86. The lowest BCUT2D eigenvalue weighted by atomic mass is 10.2. The Morgan fingerprint density at radius 1 is 1.23 bits per heavy atom. The summed E-state index contributed by atoms with van der Waals surface area (Å²) in [7, 11) is 0. The second-order valence-corrected chi connectivity index (χ2v) is 8.33. The summed E-state index contributed by atoms with van der Waals surface area (Å²) >= 11 is 7.25. The molecule has 0 radical (unpaired) electrons. The number of nitrogens with one attached hydrogen (secondary N) is 1.